The maximum atomic E-state index is 4.47. The van der Waals surface area contributed by atoms with E-state index in [1.54, 1.807) is 0 Å². The quantitative estimate of drug-likeness (QED) is 0.772. The predicted octanol–water partition coefficient (Wildman–Crippen LogP) is 0.832. The van der Waals surface area contributed by atoms with Crippen molar-refractivity contribution < 1.29 is 0 Å². The second-order valence-corrected chi connectivity index (χ2v) is 5.54. The Hall–Kier alpha value is -0.520. The molecule has 1 aromatic heterocycles. The van der Waals surface area contributed by atoms with Crippen LogP contribution in [0.2, 0.25) is 0 Å². The van der Waals surface area contributed by atoms with Crippen molar-refractivity contribution in [3.05, 3.63) is 17.7 Å². The first-order valence-electron chi connectivity index (χ1n) is 5.81. The van der Waals surface area contributed by atoms with Crippen molar-refractivity contribution in [1.29, 1.82) is 0 Å². The summed E-state index contributed by atoms with van der Waals surface area (Å²) in [4.78, 5) is 7.04. The van der Waals surface area contributed by atoms with Crippen molar-refractivity contribution in [3.63, 3.8) is 0 Å². The number of imidazole rings is 1. The van der Waals surface area contributed by atoms with Gasteiger partial charge in [-0.2, -0.15) is 0 Å². The molecule has 2 aliphatic rings. The van der Waals surface area contributed by atoms with Gasteiger partial charge in [-0.15, -0.1) is 0 Å². The van der Waals surface area contributed by atoms with E-state index in [0.717, 1.165) is 19.6 Å². The number of rotatable bonds is 2. The molecule has 1 unspecified atom stereocenters. The Morgan fingerprint density at radius 3 is 2.69 bits per heavy atom. The van der Waals surface area contributed by atoms with Gasteiger partial charge < -0.3 is 4.57 Å². The van der Waals surface area contributed by atoms with E-state index in [0.29, 0.717) is 12.1 Å². The normalized spacial score (nSPS) is 30.4. The number of fused-ring (bicyclic) bond motifs is 2. The topological polar surface area (TPSA) is 24.3 Å². The molecule has 3 rings (SSSR count). The lowest BCUT2D eigenvalue weighted by Crippen LogP contribution is -2.66. The molecular weight excluding hydrogens is 220 g/mol. The minimum absolute atomic E-state index is 0.692. The van der Waals surface area contributed by atoms with Gasteiger partial charge in [-0.25, -0.2) is 4.98 Å². The molecule has 2 aliphatic heterocycles. The zero-order chi connectivity index (χ0) is 11.3. The van der Waals surface area contributed by atoms with Crippen LogP contribution in [0.25, 0.3) is 0 Å². The summed E-state index contributed by atoms with van der Waals surface area (Å²) in [6.45, 7) is 5.32. The van der Waals surface area contributed by atoms with Gasteiger partial charge in [-0.3, -0.25) is 9.21 Å². The first-order chi connectivity index (χ1) is 7.65. The van der Waals surface area contributed by atoms with Crippen molar-refractivity contribution in [2.75, 3.05) is 13.1 Å². The maximum Gasteiger partial charge on any atom is 0.0949 e. The Labute approximate surface area is 102 Å². The smallest absolute Gasteiger partial charge is 0.0949 e. The van der Waals surface area contributed by atoms with Crippen molar-refractivity contribution in [3.8, 4) is 0 Å². The fourth-order valence-electron chi connectivity index (χ4n) is 2.79. The number of piperazine rings is 1. The first kappa shape index (κ1) is 10.6. The molecule has 2 atom stereocenters. The van der Waals surface area contributed by atoms with Gasteiger partial charge in [0.1, 0.15) is 0 Å². The Morgan fingerprint density at radius 1 is 1.44 bits per heavy atom. The van der Waals surface area contributed by atoms with Gasteiger partial charge in [0.05, 0.1) is 12.0 Å². The molecule has 3 heterocycles. The third-order valence-electron chi connectivity index (χ3n) is 3.99. The Morgan fingerprint density at radius 2 is 2.12 bits per heavy atom. The predicted molar refractivity (Wildman–Crippen MR) is 66.2 cm³/mol. The summed E-state index contributed by atoms with van der Waals surface area (Å²) in [6, 6.07) is 1.38. The number of likely N-dealkylation sites (tertiary alicyclic amines) is 1. The number of piperidine rings is 1. The molecule has 5 heteroatoms. The minimum atomic E-state index is 0.692. The minimum Gasteiger partial charge on any atom is -0.338 e. The monoisotopic (exact) mass is 238 g/mol. The standard InChI is InChI=1S/C11H18N4S/c1-8-11(12-7-13(8)2)6-15-9-3-10(15)5-14(16)4-9/h7,9-10,16H,3-6H2,1-2H3/t9-,10?/m1/s1. The zero-order valence-electron chi connectivity index (χ0n) is 9.80. The van der Waals surface area contributed by atoms with Crippen LogP contribution in [0.5, 0.6) is 0 Å². The highest BCUT2D eigenvalue weighted by Gasteiger charge is 2.43. The van der Waals surface area contributed by atoms with E-state index in [4.69, 9.17) is 0 Å². The van der Waals surface area contributed by atoms with Crippen LogP contribution in [0.15, 0.2) is 6.33 Å². The van der Waals surface area contributed by atoms with Gasteiger partial charge in [0, 0.05) is 44.5 Å². The first-order valence-corrected chi connectivity index (χ1v) is 6.21. The molecule has 0 radical (unpaired) electrons. The lowest BCUT2D eigenvalue weighted by atomic mass is 9.88. The number of nitrogens with zero attached hydrogens (tertiary/aromatic N) is 4. The summed E-state index contributed by atoms with van der Waals surface area (Å²) in [5, 5.41) is 0. The number of aryl methyl sites for hydroxylation is 1. The molecule has 2 bridgehead atoms. The van der Waals surface area contributed by atoms with Gasteiger partial charge in [0.2, 0.25) is 0 Å². The highest BCUT2D eigenvalue weighted by molar-refractivity contribution is 7.77. The Balaban J connectivity index is 1.71. The van der Waals surface area contributed by atoms with Gasteiger partial charge in [-0.05, 0) is 13.3 Å². The van der Waals surface area contributed by atoms with Gasteiger partial charge in [-0.1, -0.05) is 12.8 Å². The SMILES string of the molecule is Cc1c(CN2C3C[C@@H]2CN(S)C3)ncn1C. The highest BCUT2D eigenvalue weighted by atomic mass is 32.1. The van der Waals surface area contributed by atoms with Crippen LogP contribution in [-0.4, -0.2) is 43.9 Å². The summed E-state index contributed by atoms with van der Waals surface area (Å²) in [6.07, 6.45) is 3.24. The number of aromatic nitrogens is 2. The molecular formula is C11H18N4S. The average Bonchev–Trinajstić information content (AvgIpc) is 2.56. The third-order valence-corrected chi connectivity index (χ3v) is 4.32. The van der Waals surface area contributed by atoms with Crippen molar-refractivity contribution in [1.82, 2.24) is 18.8 Å². The number of hydrogen-bond donors (Lipinski definition) is 1. The molecule has 88 valence electrons. The second-order valence-electron chi connectivity index (χ2n) is 4.97. The zero-order valence-corrected chi connectivity index (χ0v) is 10.7. The largest absolute Gasteiger partial charge is 0.338 e. The summed E-state index contributed by atoms with van der Waals surface area (Å²) in [5.41, 5.74) is 2.51. The Kier molecular flexibility index (Phi) is 2.49. The van der Waals surface area contributed by atoms with Gasteiger partial charge >= 0.3 is 0 Å². The van der Waals surface area contributed by atoms with Crippen molar-refractivity contribution >= 4 is 12.8 Å². The second kappa shape index (κ2) is 3.75. The highest BCUT2D eigenvalue weighted by Crippen LogP contribution is 2.34. The lowest BCUT2D eigenvalue weighted by molar-refractivity contribution is -0.0473. The number of thiol groups is 1. The van der Waals surface area contributed by atoms with Gasteiger partial charge in [0.15, 0.2) is 0 Å². The van der Waals surface area contributed by atoms with Crippen LogP contribution in [0.1, 0.15) is 17.8 Å². The summed E-state index contributed by atoms with van der Waals surface area (Å²) < 4.78 is 4.23. The van der Waals surface area contributed by atoms with Crippen LogP contribution >= 0.6 is 12.8 Å². The van der Waals surface area contributed by atoms with E-state index in [1.165, 1.54) is 17.8 Å². The van der Waals surface area contributed by atoms with Crippen LogP contribution in [0.4, 0.5) is 0 Å². The summed E-state index contributed by atoms with van der Waals surface area (Å²) >= 11 is 4.43. The van der Waals surface area contributed by atoms with Crippen LogP contribution in [0, 0.1) is 6.92 Å². The van der Waals surface area contributed by atoms with E-state index in [1.807, 2.05) is 6.33 Å². The molecule has 0 saturated carbocycles. The molecule has 0 amide bonds. The van der Waals surface area contributed by atoms with Crippen molar-refractivity contribution in [2.24, 2.45) is 7.05 Å². The average molecular weight is 238 g/mol. The maximum absolute atomic E-state index is 4.47. The molecule has 0 N–H and O–H groups in total. The molecule has 1 aromatic rings. The molecule has 4 nitrogen and oxygen atoms in total. The molecule has 2 fully saturated rings. The van der Waals surface area contributed by atoms with E-state index >= 15 is 0 Å². The summed E-state index contributed by atoms with van der Waals surface area (Å²) in [7, 11) is 2.05. The van der Waals surface area contributed by atoms with E-state index in [-0.39, 0.29) is 0 Å². The molecule has 2 saturated heterocycles. The third kappa shape index (κ3) is 1.58. The lowest BCUT2D eigenvalue weighted by Gasteiger charge is -2.55. The van der Waals surface area contributed by atoms with Crippen molar-refractivity contribution in [2.45, 2.75) is 32.0 Å². The Bertz CT molecular complexity index is 391. The molecule has 0 spiro atoms. The molecule has 0 aromatic carbocycles. The number of hydrogen-bond acceptors (Lipinski definition) is 4. The fraction of sp³-hybridized carbons (Fsp3) is 0.727. The van der Waals surface area contributed by atoms with E-state index in [2.05, 4.69) is 45.5 Å². The molecule has 16 heavy (non-hydrogen) atoms. The summed E-state index contributed by atoms with van der Waals surface area (Å²) in [5.74, 6) is 0. The molecule has 0 aliphatic carbocycles. The fourth-order valence-corrected chi connectivity index (χ4v) is 3.17. The van der Waals surface area contributed by atoms with Crippen LogP contribution in [-0.2, 0) is 13.6 Å². The van der Waals surface area contributed by atoms with E-state index < -0.39 is 0 Å². The van der Waals surface area contributed by atoms with Crippen LogP contribution in [0.3, 0.4) is 0 Å². The van der Waals surface area contributed by atoms with Gasteiger partial charge in [0.25, 0.3) is 0 Å². The van der Waals surface area contributed by atoms with Crippen LogP contribution < -0.4 is 0 Å². The van der Waals surface area contributed by atoms with E-state index in [9.17, 15) is 0 Å².